The van der Waals surface area contributed by atoms with E-state index < -0.39 is 11.9 Å². The van der Waals surface area contributed by atoms with Crippen LogP contribution >= 0.6 is 0 Å². The van der Waals surface area contributed by atoms with E-state index in [9.17, 15) is 9.59 Å². The number of H-pyrrole nitrogens is 1. The summed E-state index contributed by atoms with van der Waals surface area (Å²) in [5.41, 5.74) is -0.340. The van der Waals surface area contributed by atoms with Gasteiger partial charge in [0.05, 0.1) is 0 Å². The van der Waals surface area contributed by atoms with Crippen LogP contribution in [0.3, 0.4) is 0 Å². The van der Waals surface area contributed by atoms with Crippen molar-refractivity contribution in [2.75, 3.05) is 0 Å². The molecule has 3 N–H and O–H groups in total. The molecule has 0 saturated carbocycles. The minimum atomic E-state index is -1.24. The molecule has 0 aliphatic rings. The fourth-order valence-corrected chi connectivity index (χ4v) is 1.21. The van der Waals surface area contributed by atoms with E-state index in [0.717, 1.165) is 6.07 Å². The number of benzene rings is 1. The first-order chi connectivity index (χ1) is 8.56. The van der Waals surface area contributed by atoms with Gasteiger partial charge in [0.25, 0.3) is 0 Å². The minimum absolute atomic E-state index is 0.0458. The van der Waals surface area contributed by atoms with E-state index in [1.165, 1.54) is 24.3 Å². The zero-order chi connectivity index (χ0) is 13.1. The predicted molar refractivity (Wildman–Crippen MR) is 58.6 cm³/mol. The number of aromatic carboxylic acids is 1. The number of aromatic nitrogens is 2. The van der Waals surface area contributed by atoms with Gasteiger partial charge in [-0.15, -0.1) is 0 Å². The van der Waals surface area contributed by atoms with Crippen LogP contribution in [-0.4, -0.2) is 32.3 Å². The Bertz CT molecular complexity index is 588. The highest BCUT2D eigenvalue weighted by atomic mass is 16.5. The van der Waals surface area contributed by atoms with Crippen molar-refractivity contribution in [1.29, 1.82) is 0 Å². The van der Waals surface area contributed by atoms with Gasteiger partial charge in [0.1, 0.15) is 17.2 Å². The van der Waals surface area contributed by atoms with E-state index in [1.54, 1.807) is 0 Å². The average molecular weight is 248 g/mol. The van der Waals surface area contributed by atoms with Crippen LogP contribution in [0.4, 0.5) is 0 Å². The van der Waals surface area contributed by atoms with E-state index in [4.69, 9.17) is 14.9 Å². The number of hydrogen-bond acceptors (Lipinski definition) is 5. The lowest BCUT2D eigenvalue weighted by atomic mass is 10.3. The number of aromatic amines is 1. The molecule has 1 aromatic heterocycles. The second-order valence-corrected chi connectivity index (χ2v) is 3.36. The Labute approximate surface area is 101 Å². The summed E-state index contributed by atoms with van der Waals surface area (Å²) in [6, 6.07) is 6.60. The fraction of sp³-hybridized carbons (Fsp3) is 0. The first kappa shape index (κ1) is 11.6. The maximum Gasteiger partial charge on any atom is 0.361 e. The molecule has 1 aromatic carbocycles. The number of hydrogen-bond donors (Lipinski definition) is 3. The van der Waals surface area contributed by atoms with Crippen LogP contribution in [0, 0.1) is 0 Å². The number of carboxylic acids is 1. The molecule has 18 heavy (non-hydrogen) atoms. The molecular weight excluding hydrogens is 240 g/mol. The topological polar surface area (TPSA) is 113 Å². The number of esters is 1. The molecule has 0 aliphatic heterocycles. The van der Waals surface area contributed by atoms with Gasteiger partial charge < -0.3 is 14.9 Å². The van der Waals surface area contributed by atoms with Crippen molar-refractivity contribution in [3.8, 4) is 11.5 Å². The molecule has 0 spiro atoms. The van der Waals surface area contributed by atoms with E-state index in [0.29, 0.717) is 0 Å². The number of phenolic OH excluding ortho intramolecular Hbond substituents is 1. The molecule has 0 unspecified atom stereocenters. The fourth-order valence-electron chi connectivity index (χ4n) is 1.21. The first-order valence-electron chi connectivity index (χ1n) is 4.86. The highest BCUT2D eigenvalue weighted by Gasteiger charge is 2.15. The molecular formula is C11H8N2O5. The number of nitrogens with one attached hydrogen (secondary N) is 1. The van der Waals surface area contributed by atoms with Gasteiger partial charge in [-0.3, -0.25) is 5.10 Å². The molecule has 0 saturated heterocycles. The van der Waals surface area contributed by atoms with Gasteiger partial charge in [0.2, 0.25) is 0 Å². The van der Waals surface area contributed by atoms with Crippen LogP contribution in [0.2, 0.25) is 0 Å². The molecule has 1 heterocycles. The maximum absolute atomic E-state index is 11.6. The van der Waals surface area contributed by atoms with Crippen molar-refractivity contribution < 1.29 is 24.5 Å². The van der Waals surface area contributed by atoms with E-state index in [-0.39, 0.29) is 22.9 Å². The monoisotopic (exact) mass is 248 g/mol. The summed E-state index contributed by atoms with van der Waals surface area (Å²) in [7, 11) is 0. The maximum atomic E-state index is 11.6. The van der Waals surface area contributed by atoms with E-state index in [1.807, 2.05) is 0 Å². The molecule has 0 fully saturated rings. The molecule has 2 aromatic rings. The lowest BCUT2D eigenvalue weighted by molar-refractivity contribution is 0.0689. The summed E-state index contributed by atoms with van der Waals surface area (Å²) < 4.78 is 4.93. The first-order valence-corrected chi connectivity index (χ1v) is 4.86. The van der Waals surface area contributed by atoms with Crippen molar-refractivity contribution in [1.82, 2.24) is 10.2 Å². The van der Waals surface area contributed by atoms with Crippen LogP contribution in [0.5, 0.6) is 11.5 Å². The summed E-state index contributed by atoms with van der Waals surface area (Å²) >= 11 is 0. The summed E-state index contributed by atoms with van der Waals surface area (Å²) in [6.07, 6.45) is 0. The Hall–Kier alpha value is -2.83. The third kappa shape index (κ3) is 2.46. The standard InChI is InChI=1S/C11H8N2O5/c14-6-1-3-7(4-2-6)18-11(17)9-5-8(10(15)16)12-13-9/h1-5,14H,(H,12,13)(H,15,16). The summed E-state index contributed by atoms with van der Waals surface area (Å²) in [5, 5.41) is 23.4. The molecule has 0 aliphatic carbocycles. The van der Waals surface area contributed by atoms with Crippen molar-refractivity contribution in [3.05, 3.63) is 41.7 Å². The Balaban J connectivity index is 2.11. The third-order valence-electron chi connectivity index (χ3n) is 2.06. The highest BCUT2D eigenvalue weighted by molar-refractivity contribution is 5.93. The van der Waals surface area contributed by atoms with Crippen molar-refractivity contribution in [3.63, 3.8) is 0 Å². The number of nitrogens with zero attached hydrogens (tertiary/aromatic N) is 1. The summed E-state index contributed by atoms with van der Waals surface area (Å²) in [5.74, 6) is -1.73. The predicted octanol–water partition coefficient (Wildman–Crippen LogP) is 1.03. The van der Waals surface area contributed by atoms with Crippen LogP contribution in [-0.2, 0) is 0 Å². The largest absolute Gasteiger partial charge is 0.508 e. The molecule has 0 amide bonds. The van der Waals surface area contributed by atoms with Gasteiger partial charge >= 0.3 is 11.9 Å². The van der Waals surface area contributed by atoms with Gasteiger partial charge in [-0.25, -0.2) is 9.59 Å². The van der Waals surface area contributed by atoms with Crippen LogP contribution in [0.1, 0.15) is 21.0 Å². The molecule has 0 bridgehead atoms. The molecule has 0 radical (unpaired) electrons. The minimum Gasteiger partial charge on any atom is -0.508 e. The summed E-state index contributed by atoms with van der Waals surface area (Å²) in [6.45, 7) is 0. The van der Waals surface area contributed by atoms with Gasteiger partial charge in [-0.1, -0.05) is 0 Å². The third-order valence-corrected chi connectivity index (χ3v) is 2.06. The van der Waals surface area contributed by atoms with Crippen molar-refractivity contribution in [2.24, 2.45) is 0 Å². The molecule has 2 rings (SSSR count). The normalized spacial score (nSPS) is 10.0. The van der Waals surface area contributed by atoms with Crippen molar-refractivity contribution in [2.45, 2.75) is 0 Å². The van der Waals surface area contributed by atoms with Gasteiger partial charge in [-0.2, -0.15) is 5.10 Å². The number of carboxylic acid groups (broad SMARTS) is 1. The average Bonchev–Trinajstić information content (AvgIpc) is 2.81. The van der Waals surface area contributed by atoms with Crippen molar-refractivity contribution >= 4 is 11.9 Å². The smallest absolute Gasteiger partial charge is 0.361 e. The van der Waals surface area contributed by atoms with Crippen LogP contribution < -0.4 is 4.74 Å². The number of rotatable bonds is 3. The Morgan fingerprint density at radius 1 is 1.22 bits per heavy atom. The van der Waals surface area contributed by atoms with E-state index in [2.05, 4.69) is 10.2 Å². The Morgan fingerprint density at radius 3 is 2.44 bits per heavy atom. The van der Waals surface area contributed by atoms with E-state index >= 15 is 0 Å². The Kier molecular flexibility index (Phi) is 2.96. The Morgan fingerprint density at radius 2 is 1.89 bits per heavy atom. The summed E-state index contributed by atoms with van der Waals surface area (Å²) in [4.78, 5) is 22.2. The van der Waals surface area contributed by atoms with Gasteiger partial charge in [0.15, 0.2) is 5.69 Å². The van der Waals surface area contributed by atoms with Crippen LogP contribution in [0.25, 0.3) is 0 Å². The zero-order valence-corrected chi connectivity index (χ0v) is 8.95. The number of phenols is 1. The van der Waals surface area contributed by atoms with Gasteiger partial charge in [0, 0.05) is 6.07 Å². The van der Waals surface area contributed by atoms with Crippen LogP contribution in [0.15, 0.2) is 30.3 Å². The lowest BCUT2D eigenvalue weighted by Crippen LogP contribution is -2.08. The molecule has 92 valence electrons. The highest BCUT2D eigenvalue weighted by Crippen LogP contribution is 2.17. The second kappa shape index (κ2) is 4.58. The van der Waals surface area contributed by atoms with Gasteiger partial charge in [-0.05, 0) is 24.3 Å². The molecule has 0 atom stereocenters. The molecule has 7 nitrogen and oxygen atoms in total. The SMILES string of the molecule is O=C(O)c1cc(C(=O)Oc2ccc(O)cc2)[nH]n1. The quantitative estimate of drug-likeness (QED) is 0.552. The number of carbonyl (C=O) groups is 2. The number of ether oxygens (including phenoxy) is 1. The number of aromatic hydroxyl groups is 1. The molecule has 7 heteroatoms. The second-order valence-electron chi connectivity index (χ2n) is 3.36. The lowest BCUT2D eigenvalue weighted by Gasteiger charge is -2.01. The zero-order valence-electron chi connectivity index (χ0n) is 8.95. The number of carbonyl (C=O) groups excluding carboxylic acids is 1.